The second-order valence-electron chi connectivity index (χ2n) is 9.28. The van der Waals surface area contributed by atoms with Crippen LogP contribution in [0.15, 0.2) is 76.5 Å². The van der Waals surface area contributed by atoms with Crippen molar-refractivity contribution >= 4 is 28.5 Å². The Bertz CT molecular complexity index is 1630. The molecule has 0 saturated carbocycles. The molecule has 0 spiro atoms. The van der Waals surface area contributed by atoms with Crippen molar-refractivity contribution in [1.29, 1.82) is 0 Å². The number of carbonyl (C=O) groups excluding carboxylic acids is 1. The molecule has 39 heavy (non-hydrogen) atoms. The van der Waals surface area contributed by atoms with E-state index in [1.165, 1.54) is 0 Å². The summed E-state index contributed by atoms with van der Waals surface area (Å²) >= 11 is 6.35. The van der Waals surface area contributed by atoms with Crippen molar-refractivity contribution in [3.8, 4) is 17.2 Å². The van der Waals surface area contributed by atoms with Gasteiger partial charge in [0.15, 0.2) is 16.9 Å². The highest BCUT2D eigenvalue weighted by Crippen LogP contribution is 2.41. The van der Waals surface area contributed by atoms with Gasteiger partial charge in [-0.1, -0.05) is 42.5 Å². The molecule has 4 aromatic rings. The first-order valence-electron chi connectivity index (χ1n) is 12.5. The zero-order chi connectivity index (χ0) is 27.7. The number of fused-ring (bicyclic) bond motifs is 2. The molecule has 1 unspecified atom stereocenters. The third-order valence-corrected chi connectivity index (χ3v) is 7.31. The number of carbonyl (C=O) groups is 1. The van der Waals surface area contributed by atoms with Gasteiger partial charge < -0.3 is 23.5 Å². The van der Waals surface area contributed by atoms with Crippen molar-refractivity contribution in [3.05, 3.63) is 111 Å². The topological polar surface area (TPSA) is 78.2 Å². The second-order valence-corrected chi connectivity index (χ2v) is 9.69. The van der Waals surface area contributed by atoms with Crippen molar-refractivity contribution in [2.24, 2.45) is 0 Å². The fourth-order valence-corrected chi connectivity index (χ4v) is 5.05. The van der Waals surface area contributed by atoms with Gasteiger partial charge in [-0.25, -0.2) is 0 Å². The van der Waals surface area contributed by atoms with E-state index in [2.05, 4.69) is 6.58 Å². The minimum Gasteiger partial charge on any atom is -0.497 e. The van der Waals surface area contributed by atoms with Crippen LogP contribution in [0.3, 0.4) is 0 Å². The number of benzene rings is 3. The predicted molar refractivity (Wildman–Crippen MR) is 150 cm³/mol. The SMILES string of the molecule is C=CCOc1ccc(C2c3c(oc4cc(C)c(Cl)cc4c3=O)C(=O)N2CCc2ccc(OC)cc2)cc1OC. The molecule has 1 amide bonds. The van der Waals surface area contributed by atoms with E-state index in [0.717, 1.165) is 16.9 Å². The lowest BCUT2D eigenvalue weighted by Gasteiger charge is -2.26. The van der Waals surface area contributed by atoms with Crippen molar-refractivity contribution in [3.63, 3.8) is 0 Å². The molecule has 0 radical (unpaired) electrons. The maximum absolute atomic E-state index is 13.9. The maximum Gasteiger partial charge on any atom is 0.290 e. The lowest BCUT2D eigenvalue weighted by atomic mass is 9.97. The molecule has 0 N–H and O–H groups in total. The van der Waals surface area contributed by atoms with Crippen LogP contribution in [-0.4, -0.2) is 38.2 Å². The van der Waals surface area contributed by atoms with Crippen LogP contribution in [0.4, 0.5) is 0 Å². The first kappa shape index (κ1) is 26.4. The minimum atomic E-state index is -0.686. The number of hydrogen-bond acceptors (Lipinski definition) is 6. The van der Waals surface area contributed by atoms with Crippen LogP contribution >= 0.6 is 11.6 Å². The molecule has 0 aliphatic carbocycles. The largest absolute Gasteiger partial charge is 0.497 e. The van der Waals surface area contributed by atoms with Crippen molar-refractivity contribution < 1.29 is 23.4 Å². The van der Waals surface area contributed by atoms with E-state index < -0.39 is 6.04 Å². The van der Waals surface area contributed by atoms with Gasteiger partial charge in [-0.15, -0.1) is 0 Å². The van der Waals surface area contributed by atoms with Gasteiger partial charge in [0.05, 0.1) is 31.2 Å². The van der Waals surface area contributed by atoms with E-state index >= 15 is 0 Å². The Balaban J connectivity index is 1.62. The Morgan fingerprint density at radius 2 is 1.79 bits per heavy atom. The molecule has 5 rings (SSSR count). The molecule has 1 aliphatic rings. The number of hydrogen-bond donors (Lipinski definition) is 0. The quantitative estimate of drug-likeness (QED) is 0.236. The van der Waals surface area contributed by atoms with Crippen LogP contribution in [0, 0.1) is 6.92 Å². The van der Waals surface area contributed by atoms with Crippen molar-refractivity contribution in [2.75, 3.05) is 27.4 Å². The Hall–Kier alpha value is -4.23. The van der Waals surface area contributed by atoms with Crippen LogP contribution in [0.1, 0.15) is 38.9 Å². The van der Waals surface area contributed by atoms with Crippen LogP contribution in [-0.2, 0) is 6.42 Å². The van der Waals surface area contributed by atoms with Gasteiger partial charge in [0.1, 0.15) is 17.9 Å². The van der Waals surface area contributed by atoms with Crippen molar-refractivity contribution in [2.45, 2.75) is 19.4 Å². The zero-order valence-corrected chi connectivity index (χ0v) is 22.7. The molecule has 3 aromatic carbocycles. The van der Waals surface area contributed by atoms with Crippen LogP contribution in [0.5, 0.6) is 17.2 Å². The Morgan fingerprint density at radius 3 is 2.49 bits per heavy atom. The summed E-state index contributed by atoms with van der Waals surface area (Å²) in [7, 11) is 3.16. The number of aryl methyl sites for hydroxylation is 1. The lowest BCUT2D eigenvalue weighted by molar-refractivity contribution is 0.0730. The summed E-state index contributed by atoms with van der Waals surface area (Å²) in [6, 6.07) is 15.7. The highest BCUT2D eigenvalue weighted by atomic mass is 35.5. The molecular formula is C31H28ClNO6. The van der Waals surface area contributed by atoms with Gasteiger partial charge in [0.25, 0.3) is 5.91 Å². The zero-order valence-electron chi connectivity index (χ0n) is 22.0. The first-order valence-corrected chi connectivity index (χ1v) is 12.9. The van der Waals surface area contributed by atoms with Gasteiger partial charge in [0, 0.05) is 11.6 Å². The highest BCUT2D eigenvalue weighted by Gasteiger charge is 2.42. The van der Waals surface area contributed by atoms with E-state index in [-0.39, 0.29) is 22.7 Å². The van der Waals surface area contributed by atoms with E-state index in [0.29, 0.717) is 52.6 Å². The molecule has 2 heterocycles. The van der Waals surface area contributed by atoms with Crippen LogP contribution in [0.2, 0.25) is 5.02 Å². The van der Waals surface area contributed by atoms with E-state index in [1.54, 1.807) is 49.5 Å². The predicted octanol–water partition coefficient (Wildman–Crippen LogP) is 6.12. The molecule has 1 atom stereocenters. The third-order valence-electron chi connectivity index (χ3n) is 6.91. The van der Waals surface area contributed by atoms with Crippen molar-refractivity contribution in [1.82, 2.24) is 4.90 Å². The Kier molecular flexibility index (Phi) is 7.35. The minimum absolute atomic E-state index is 0.0416. The third kappa shape index (κ3) is 4.86. The summed E-state index contributed by atoms with van der Waals surface area (Å²) in [5.74, 6) is 1.46. The number of rotatable bonds is 9. The van der Waals surface area contributed by atoms with Gasteiger partial charge in [-0.05, 0) is 66.4 Å². The van der Waals surface area contributed by atoms with E-state index in [1.807, 2.05) is 37.3 Å². The lowest BCUT2D eigenvalue weighted by Crippen LogP contribution is -2.31. The molecule has 1 aromatic heterocycles. The van der Waals surface area contributed by atoms with Crippen LogP contribution < -0.4 is 19.6 Å². The Morgan fingerprint density at radius 1 is 1.03 bits per heavy atom. The van der Waals surface area contributed by atoms with E-state index in [4.69, 9.17) is 30.2 Å². The fraction of sp³-hybridized carbons (Fsp3) is 0.226. The molecule has 8 heteroatoms. The molecule has 0 bridgehead atoms. The normalized spacial score (nSPS) is 14.4. The fourth-order valence-electron chi connectivity index (χ4n) is 4.88. The number of ether oxygens (including phenoxy) is 3. The summed E-state index contributed by atoms with van der Waals surface area (Å²) in [6.45, 7) is 6.17. The summed E-state index contributed by atoms with van der Waals surface area (Å²) in [4.78, 5) is 29.4. The first-order chi connectivity index (χ1) is 18.9. The summed E-state index contributed by atoms with van der Waals surface area (Å²) < 4.78 is 22.6. The number of halogens is 1. The second kappa shape index (κ2) is 10.9. The summed E-state index contributed by atoms with van der Waals surface area (Å²) in [6.07, 6.45) is 2.21. The van der Waals surface area contributed by atoms with Gasteiger partial charge in [-0.2, -0.15) is 0 Å². The summed E-state index contributed by atoms with van der Waals surface area (Å²) in [5.41, 5.74) is 2.80. The van der Waals surface area contributed by atoms with E-state index in [9.17, 15) is 9.59 Å². The average molecular weight is 546 g/mol. The molecular weight excluding hydrogens is 518 g/mol. The van der Waals surface area contributed by atoms with Gasteiger partial charge in [-0.3, -0.25) is 9.59 Å². The molecule has 7 nitrogen and oxygen atoms in total. The maximum atomic E-state index is 13.9. The molecule has 0 saturated heterocycles. The van der Waals surface area contributed by atoms with Gasteiger partial charge >= 0.3 is 0 Å². The monoisotopic (exact) mass is 545 g/mol. The van der Waals surface area contributed by atoms with Crippen LogP contribution in [0.25, 0.3) is 11.0 Å². The standard InChI is InChI=1S/C31H28ClNO6/c1-5-14-38-24-11-8-20(16-26(24)37-4)28-27-29(34)22-17-23(32)18(2)15-25(22)39-30(27)31(35)33(28)13-12-19-6-9-21(36-3)10-7-19/h5-11,15-17,28H,1,12-14H2,2-4H3. The smallest absolute Gasteiger partial charge is 0.290 e. The number of nitrogens with zero attached hydrogens (tertiary/aromatic N) is 1. The molecule has 1 aliphatic heterocycles. The average Bonchev–Trinajstić information content (AvgIpc) is 3.23. The number of amides is 1. The molecule has 200 valence electrons. The Labute approximate surface area is 231 Å². The number of methoxy groups -OCH3 is 2. The summed E-state index contributed by atoms with van der Waals surface area (Å²) in [5, 5.41) is 0.787. The van der Waals surface area contributed by atoms with Gasteiger partial charge in [0.2, 0.25) is 5.76 Å². The highest BCUT2D eigenvalue weighted by molar-refractivity contribution is 6.32. The molecule has 0 fully saturated rings.